The maximum absolute atomic E-state index is 13.6. The molecule has 6 aromatic rings. The molecule has 63 heavy (non-hydrogen) atoms. The van der Waals surface area contributed by atoms with Crippen LogP contribution < -0.4 is 15.1 Å². The van der Waals surface area contributed by atoms with Crippen LogP contribution in [0.3, 0.4) is 0 Å². The summed E-state index contributed by atoms with van der Waals surface area (Å²) in [6.07, 6.45) is -0.928. The first-order valence-corrected chi connectivity index (χ1v) is 20.3. The Balaban J connectivity index is 0.000000243. The number of anilines is 4. The highest BCUT2D eigenvalue weighted by atomic mass is 16.6. The average Bonchev–Trinajstić information content (AvgIpc) is 3.32. The minimum Gasteiger partial charge on any atom is -0.467 e. The van der Waals surface area contributed by atoms with E-state index in [4.69, 9.17) is 14.2 Å². The molecule has 0 saturated carbocycles. The second-order valence-corrected chi connectivity index (χ2v) is 15.0. The molecule has 2 atom stereocenters. The molecule has 6 rings (SSSR count). The van der Waals surface area contributed by atoms with Crippen LogP contribution in [0.1, 0.15) is 41.5 Å². The average molecular weight is 849 g/mol. The van der Waals surface area contributed by atoms with Gasteiger partial charge < -0.3 is 29.3 Å². The van der Waals surface area contributed by atoms with Crippen LogP contribution in [-0.4, -0.2) is 79.7 Å². The van der Waals surface area contributed by atoms with Crippen molar-refractivity contribution < 1.29 is 38.2 Å². The van der Waals surface area contributed by atoms with Crippen molar-refractivity contribution in [2.24, 2.45) is 0 Å². The first-order chi connectivity index (χ1) is 30.4. The Morgan fingerprint density at radius 3 is 1.21 bits per heavy atom. The molecule has 6 aromatic carbocycles. The van der Waals surface area contributed by atoms with Crippen molar-refractivity contribution in [3.05, 3.63) is 193 Å². The molecule has 324 valence electrons. The Labute approximate surface area is 368 Å². The molecule has 0 aliphatic carbocycles. The summed E-state index contributed by atoms with van der Waals surface area (Å²) >= 11 is 0. The van der Waals surface area contributed by atoms with Crippen LogP contribution in [0.25, 0.3) is 0 Å². The number of carbonyl (C=O) groups excluding carboxylic acids is 5. The van der Waals surface area contributed by atoms with E-state index in [1.807, 2.05) is 137 Å². The van der Waals surface area contributed by atoms with Gasteiger partial charge in [-0.25, -0.2) is 19.3 Å². The van der Waals surface area contributed by atoms with Crippen molar-refractivity contribution in [3.63, 3.8) is 0 Å². The molecule has 0 aromatic heterocycles. The van der Waals surface area contributed by atoms with E-state index in [9.17, 15) is 24.0 Å². The quantitative estimate of drug-likeness (QED) is 0.0835. The van der Waals surface area contributed by atoms with Gasteiger partial charge in [0, 0.05) is 33.9 Å². The zero-order valence-corrected chi connectivity index (χ0v) is 36.0. The van der Waals surface area contributed by atoms with E-state index in [1.165, 1.54) is 14.2 Å². The number of nitrogens with zero attached hydrogens (tertiary/aromatic N) is 3. The summed E-state index contributed by atoms with van der Waals surface area (Å²) in [6, 6.07) is 53.2. The van der Waals surface area contributed by atoms with E-state index in [0.29, 0.717) is 5.56 Å². The van der Waals surface area contributed by atoms with E-state index >= 15 is 0 Å². The minimum atomic E-state index is -1.29. The van der Waals surface area contributed by atoms with Gasteiger partial charge in [0.2, 0.25) is 0 Å². The molecule has 0 aliphatic rings. The van der Waals surface area contributed by atoms with Crippen LogP contribution in [0, 0.1) is 0 Å². The Hall–Kier alpha value is -7.73. The number of benzene rings is 6. The van der Waals surface area contributed by atoms with E-state index in [-0.39, 0.29) is 24.6 Å². The Kier molecular flexibility index (Phi) is 16.7. The number of rotatable bonds is 14. The first kappa shape index (κ1) is 46.3. The number of hydrogen-bond acceptors (Lipinski definition) is 10. The lowest BCUT2D eigenvalue weighted by atomic mass is 10.1. The van der Waals surface area contributed by atoms with E-state index < -0.39 is 41.6 Å². The number of nitrogens with one attached hydrogen (secondary N) is 1. The van der Waals surface area contributed by atoms with Gasteiger partial charge in [-0.1, -0.05) is 109 Å². The normalized spacial score (nSPS) is 11.6. The maximum atomic E-state index is 13.6. The maximum Gasteiger partial charge on any atom is 0.418 e. The van der Waals surface area contributed by atoms with Gasteiger partial charge in [-0.15, -0.1) is 0 Å². The van der Waals surface area contributed by atoms with Gasteiger partial charge in [-0.05, 0) is 93.6 Å². The number of esters is 2. The lowest BCUT2D eigenvalue weighted by Crippen LogP contribution is -2.54. The Bertz CT molecular complexity index is 2290. The molecule has 0 spiro atoms. The second-order valence-electron chi connectivity index (χ2n) is 15.0. The summed E-state index contributed by atoms with van der Waals surface area (Å²) < 4.78 is 15.6. The van der Waals surface area contributed by atoms with Gasteiger partial charge in [-0.2, -0.15) is 0 Å². The summed E-state index contributed by atoms with van der Waals surface area (Å²) in [6.45, 7) is 5.29. The molecular weight excluding hydrogens is 797 g/mol. The molecular formula is C51H52N4O8. The van der Waals surface area contributed by atoms with Crippen molar-refractivity contribution in [3.8, 4) is 0 Å². The highest BCUT2D eigenvalue weighted by Gasteiger charge is 2.40. The molecule has 0 radical (unpaired) electrons. The topological polar surface area (TPSA) is 135 Å². The van der Waals surface area contributed by atoms with Crippen LogP contribution >= 0.6 is 0 Å². The van der Waals surface area contributed by atoms with Gasteiger partial charge in [0.25, 0.3) is 11.8 Å². The molecule has 0 heterocycles. The zero-order valence-electron chi connectivity index (χ0n) is 36.0. The summed E-state index contributed by atoms with van der Waals surface area (Å²) in [5, 5.41) is 2.80. The van der Waals surface area contributed by atoms with E-state index in [1.54, 1.807) is 75.4 Å². The third-order valence-electron chi connectivity index (χ3n) is 9.43. The number of ether oxygens (including phenoxy) is 3. The van der Waals surface area contributed by atoms with Gasteiger partial charge in [-0.3, -0.25) is 9.59 Å². The van der Waals surface area contributed by atoms with Crippen LogP contribution in [0.15, 0.2) is 182 Å². The monoisotopic (exact) mass is 848 g/mol. The molecule has 3 amide bonds. The van der Waals surface area contributed by atoms with Crippen molar-refractivity contribution in [2.75, 3.05) is 37.1 Å². The molecule has 12 heteroatoms. The molecule has 0 saturated heterocycles. The number of imide groups is 1. The van der Waals surface area contributed by atoms with E-state index in [2.05, 4.69) is 5.32 Å². The number of methoxy groups -OCH3 is 2. The second kappa shape index (κ2) is 22.8. The van der Waals surface area contributed by atoms with Gasteiger partial charge in [0.1, 0.15) is 11.6 Å². The van der Waals surface area contributed by atoms with Crippen LogP contribution in [0.4, 0.5) is 27.5 Å². The molecule has 2 unspecified atom stereocenters. The fraction of sp³-hybridized carbons (Fsp3) is 0.196. The van der Waals surface area contributed by atoms with Crippen LogP contribution in [0.2, 0.25) is 0 Å². The number of carbonyl (C=O) groups is 5. The van der Waals surface area contributed by atoms with Crippen LogP contribution in [0.5, 0.6) is 0 Å². The number of hydrogen-bond donors (Lipinski definition) is 1. The number of para-hydroxylation sites is 4. The van der Waals surface area contributed by atoms with Crippen molar-refractivity contribution in [2.45, 2.75) is 38.5 Å². The molecule has 12 nitrogen and oxygen atoms in total. The molecule has 0 aliphatic heterocycles. The Morgan fingerprint density at radius 2 is 0.841 bits per heavy atom. The van der Waals surface area contributed by atoms with Crippen LogP contribution in [-0.2, 0) is 23.8 Å². The number of amides is 3. The predicted molar refractivity (Wildman–Crippen MR) is 244 cm³/mol. The van der Waals surface area contributed by atoms with E-state index in [0.717, 1.165) is 27.6 Å². The van der Waals surface area contributed by atoms with Crippen molar-refractivity contribution >= 4 is 52.6 Å². The molecule has 0 bridgehead atoms. The standard InChI is InChI=1S/C28H30N2O5.C23H22N2O3/c1-28(2,3)35-27(33)30(25(31)21-14-8-5-9-15-21)24(26(32)34-4)20-29(22-16-10-6-11-17-22)23-18-12-7-13-19-23;1-28-23(27)21(24-22(26)18-11-5-2-6-12-18)17-25(19-13-7-3-8-14-19)20-15-9-4-10-16-20/h5-19,24H,20H2,1-4H3;2-16,21H,17H2,1H3,(H,24,26). The highest BCUT2D eigenvalue weighted by molar-refractivity contribution is 6.06. The molecule has 1 N–H and O–H groups in total. The third kappa shape index (κ3) is 13.4. The largest absolute Gasteiger partial charge is 0.467 e. The summed E-state index contributed by atoms with van der Waals surface area (Å²) in [4.78, 5) is 69.7. The van der Waals surface area contributed by atoms with Crippen molar-refractivity contribution in [1.82, 2.24) is 10.2 Å². The SMILES string of the molecule is COC(=O)C(CN(c1ccccc1)c1ccccc1)N(C(=O)OC(C)(C)C)C(=O)c1ccccc1.COC(=O)C(CN(c1ccccc1)c1ccccc1)NC(=O)c1ccccc1. The smallest absolute Gasteiger partial charge is 0.418 e. The minimum absolute atomic E-state index is 0.0431. The first-order valence-electron chi connectivity index (χ1n) is 20.3. The third-order valence-corrected chi connectivity index (χ3v) is 9.43. The van der Waals surface area contributed by atoms with Gasteiger partial charge >= 0.3 is 18.0 Å². The highest BCUT2D eigenvalue weighted by Crippen LogP contribution is 2.28. The summed E-state index contributed by atoms with van der Waals surface area (Å²) in [5.74, 6) is -2.22. The Morgan fingerprint density at radius 1 is 0.492 bits per heavy atom. The lowest BCUT2D eigenvalue weighted by molar-refractivity contribution is -0.145. The summed E-state index contributed by atoms with van der Waals surface area (Å²) in [7, 11) is 2.55. The fourth-order valence-corrected chi connectivity index (χ4v) is 6.44. The zero-order chi connectivity index (χ0) is 45.2. The van der Waals surface area contributed by atoms with Gasteiger partial charge in [0.05, 0.1) is 27.3 Å². The lowest BCUT2D eigenvalue weighted by Gasteiger charge is -2.34. The summed E-state index contributed by atoms with van der Waals surface area (Å²) in [5.41, 5.74) is 3.24. The van der Waals surface area contributed by atoms with Crippen molar-refractivity contribution in [1.29, 1.82) is 0 Å². The molecule has 0 fully saturated rings. The van der Waals surface area contributed by atoms with Gasteiger partial charge in [0.15, 0.2) is 6.04 Å². The predicted octanol–water partition coefficient (Wildman–Crippen LogP) is 9.24. The fourth-order valence-electron chi connectivity index (χ4n) is 6.44.